The Kier molecular flexibility index (Phi) is 6.11. The van der Waals surface area contributed by atoms with Crippen molar-refractivity contribution in [1.29, 1.82) is 0 Å². The molecule has 0 amide bonds. The Bertz CT molecular complexity index is 1050. The second kappa shape index (κ2) is 9.11. The van der Waals surface area contributed by atoms with Crippen molar-refractivity contribution >= 4 is 0 Å². The number of methoxy groups -OCH3 is 2. The maximum Gasteiger partial charge on any atom is 0.268 e. The molecule has 2 aromatic carbocycles. The fourth-order valence-corrected chi connectivity index (χ4v) is 3.59. The van der Waals surface area contributed by atoms with Crippen molar-refractivity contribution in [1.82, 2.24) is 14.7 Å². The smallest absolute Gasteiger partial charge is 0.268 e. The molecule has 1 aliphatic rings. The Balaban J connectivity index is 1.55. The Morgan fingerprint density at radius 3 is 2.60 bits per heavy atom. The molecule has 4 rings (SSSR count). The van der Waals surface area contributed by atoms with Crippen LogP contribution in [0.4, 0.5) is 0 Å². The van der Waals surface area contributed by atoms with Gasteiger partial charge < -0.3 is 14.2 Å². The molecule has 1 unspecified atom stereocenters. The molecule has 7 nitrogen and oxygen atoms in total. The lowest BCUT2D eigenvalue weighted by molar-refractivity contribution is -0.0421. The van der Waals surface area contributed by atoms with Crippen LogP contribution < -0.4 is 15.0 Å². The summed E-state index contributed by atoms with van der Waals surface area (Å²) in [6.07, 6.45) is -0.00955. The van der Waals surface area contributed by atoms with Gasteiger partial charge in [0, 0.05) is 24.7 Å². The highest BCUT2D eigenvalue weighted by molar-refractivity contribution is 5.63. The minimum absolute atomic E-state index is 0.00955. The second-order valence-corrected chi connectivity index (χ2v) is 7.11. The van der Waals surface area contributed by atoms with Crippen molar-refractivity contribution in [3.63, 3.8) is 0 Å². The number of rotatable bonds is 6. The highest BCUT2D eigenvalue weighted by Crippen LogP contribution is 2.31. The number of nitrogens with zero attached hydrogens (tertiary/aromatic N) is 3. The van der Waals surface area contributed by atoms with Crippen LogP contribution in [0.5, 0.6) is 11.5 Å². The Morgan fingerprint density at radius 1 is 1.03 bits per heavy atom. The van der Waals surface area contributed by atoms with E-state index < -0.39 is 0 Å². The van der Waals surface area contributed by atoms with Crippen LogP contribution in [-0.2, 0) is 11.4 Å². The van der Waals surface area contributed by atoms with Crippen molar-refractivity contribution in [3.8, 4) is 22.8 Å². The maximum atomic E-state index is 12.4. The molecule has 1 fully saturated rings. The Hall–Kier alpha value is -3.16. The third-order valence-electron chi connectivity index (χ3n) is 5.20. The van der Waals surface area contributed by atoms with Crippen molar-refractivity contribution in [2.75, 3.05) is 33.9 Å². The van der Waals surface area contributed by atoms with Gasteiger partial charge in [-0.15, -0.1) is 0 Å². The van der Waals surface area contributed by atoms with Gasteiger partial charge in [0.1, 0.15) is 0 Å². The minimum atomic E-state index is -0.137. The lowest BCUT2D eigenvalue weighted by atomic mass is 10.1. The van der Waals surface area contributed by atoms with E-state index in [1.165, 1.54) is 4.68 Å². The largest absolute Gasteiger partial charge is 0.493 e. The monoisotopic (exact) mass is 407 g/mol. The molecule has 30 heavy (non-hydrogen) atoms. The van der Waals surface area contributed by atoms with Gasteiger partial charge in [-0.25, -0.2) is 4.68 Å². The number of hydrogen-bond donors (Lipinski definition) is 0. The third kappa shape index (κ3) is 4.37. The van der Waals surface area contributed by atoms with Crippen molar-refractivity contribution in [2.24, 2.45) is 0 Å². The molecular weight excluding hydrogens is 382 g/mol. The first-order chi connectivity index (χ1) is 14.7. The van der Waals surface area contributed by atoms with Gasteiger partial charge in [-0.2, -0.15) is 5.10 Å². The summed E-state index contributed by atoms with van der Waals surface area (Å²) in [4.78, 5) is 14.6. The predicted octanol–water partition coefficient (Wildman–Crippen LogP) is 2.96. The van der Waals surface area contributed by atoms with Gasteiger partial charge >= 0.3 is 0 Å². The molecule has 0 saturated carbocycles. The standard InChI is InChI=1S/C23H25N3O4/c1-28-20-10-8-18(14-21(20)29-2)19-9-11-23(27)26(24-19)16-25-12-13-30-22(15-25)17-6-4-3-5-7-17/h3-11,14,22H,12-13,15-16H2,1-2H3. The molecule has 3 aromatic rings. The van der Waals surface area contributed by atoms with E-state index in [1.807, 2.05) is 36.4 Å². The summed E-state index contributed by atoms with van der Waals surface area (Å²) >= 11 is 0. The van der Waals surface area contributed by atoms with E-state index in [0.717, 1.165) is 17.7 Å². The second-order valence-electron chi connectivity index (χ2n) is 7.11. The fraction of sp³-hybridized carbons (Fsp3) is 0.304. The van der Waals surface area contributed by atoms with Gasteiger partial charge in [-0.05, 0) is 29.8 Å². The zero-order valence-corrected chi connectivity index (χ0v) is 17.2. The minimum Gasteiger partial charge on any atom is -0.493 e. The first-order valence-corrected chi connectivity index (χ1v) is 9.87. The van der Waals surface area contributed by atoms with Gasteiger partial charge in [-0.3, -0.25) is 9.69 Å². The molecule has 1 saturated heterocycles. The first-order valence-electron chi connectivity index (χ1n) is 9.87. The van der Waals surface area contributed by atoms with Gasteiger partial charge in [0.15, 0.2) is 11.5 Å². The van der Waals surface area contributed by atoms with E-state index in [2.05, 4.69) is 22.1 Å². The molecule has 1 atom stereocenters. The van der Waals surface area contributed by atoms with E-state index in [0.29, 0.717) is 37.0 Å². The molecule has 2 heterocycles. The average molecular weight is 407 g/mol. The fourth-order valence-electron chi connectivity index (χ4n) is 3.59. The first kappa shape index (κ1) is 20.1. The number of aromatic nitrogens is 2. The summed E-state index contributed by atoms with van der Waals surface area (Å²) in [6.45, 7) is 2.48. The molecule has 0 radical (unpaired) electrons. The Labute approximate surface area is 175 Å². The summed E-state index contributed by atoms with van der Waals surface area (Å²) in [6, 6.07) is 19.0. The average Bonchev–Trinajstić information content (AvgIpc) is 2.81. The van der Waals surface area contributed by atoms with Crippen molar-refractivity contribution < 1.29 is 14.2 Å². The quantitative estimate of drug-likeness (QED) is 0.626. The SMILES string of the molecule is COc1ccc(-c2ccc(=O)n(CN3CCOC(c4ccccc4)C3)n2)cc1OC. The lowest BCUT2D eigenvalue weighted by Gasteiger charge is -2.33. The van der Waals surface area contributed by atoms with E-state index >= 15 is 0 Å². The van der Waals surface area contributed by atoms with Crippen LogP contribution in [0.1, 0.15) is 11.7 Å². The highest BCUT2D eigenvalue weighted by Gasteiger charge is 2.22. The predicted molar refractivity (Wildman–Crippen MR) is 114 cm³/mol. The lowest BCUT2D eigenvalue weighted by Crippen LogP contribution is -2.42. The number of ether oxygens (including phenoxy) is 3. The van der Waals surface area contributed by atoms with E-state index in [4.69, 9.17) is 14.2 Å². The van der Waals surface area contributed by atoms with Crippen molar-refractivity contribution in [2.45, 2.75) is 12.8 Å². The van der Waals surface area contributed by atoms with E-state index in [1.54, 1.807) is 26.4 Å². The number of benzene rings is 2. The van der Waals surface area contributed by atoms with E-state index in [9.17, 15) is 4.79 Å². The van der Waals surface area contributed by atoms with Crippen molar-refractivity contribution in [3.05, 3.63) is 76.6 Å². The zero-order chi connectivity index (χ0) is 20.9. The molecule has 1 aliphatic heterocycles. The normalized spacial score (nSPS) is 16.9. The van der Waals surface area contributed by atoms with Crippen LogP contribution in [0.3, 0.4) is 0 Å². The zero-order valence-electron chi connectivity index (χ0n) is 17.2. The summed E-state index contributed by atoms with van der Waals surface area (Å²) < 4.78 is 18.1. The number of morpholine rings is 1. The van der Waals surface area contributed by atoms with Crippen LogP contribution in [-0.4, -0.2) is 48.6 Å². The van der Waals surface area contributed by atoms with Gasteiger partial charge in [0.05, 0.1) is 39.3 Å². The van der Waals surface area contributed by atoms with E-state index in [-0.39, 0.29) is 11.7 Å². The third-order valence-corrected chi connectivity index (χ3v) is 5.20. The molecule has 0 N–H and O–H groups in total. The van der Waals surface area contributed by atoms with Crippen LogP contribution in [0.25, 0.3) is 11.3 Å². The molecule has 0 bridgehead atoms. The van der Waals surface area contributed by atoms with Gasteiger partial charge in [-0.1, -0.05) is 30.3 Å². The molecule has 0 aliphatic carbocycles. The summed E-state index contributed by atoms with van der Waals surface area (Å²) in [5.41, 5.74) is 2.55. The molecule has 1 aromatic heterocycles. The highest BCUT2D eigenvalue weighted by atomic mass is 16.5. The number of hydrogen-bond acceptors (Lipinski definition) is 6. The van der Waals surface area contributed by atoms with Crippen LogP contribution in [0.2, 0.25) is 0 Å². The summed E-state index contributed by atoms with van der Waals surface area (Å²) in [7, 11) is 3.19. The molecule has 156 valence electrons. The molecular formula is C23H25N3O4. The van der Waals surface area contributed by atoms with Crippen LogP contribution in [0.15, 0.2) is 65.5 Å². The molecule has 7 heteroatoms. The van der Waals surface area contributed by atoms with Gasteiger partial charge in [0.25, 0.3) is 5.56 Å². The maximum absolute atomic E-state index is 12.4. The Morgan fingerprint density at radius 2 is 1.83 bits per heavy atom. The van der Waals surface area contributed by atoms with Crippen LogP contribution in [0, 0.1) is 0 Å². The summed E-state index contributed by atoms with van der Waals surface area (Å²) in [5.74, 6) is 1.27. The topological polar surface area (TPSA) is 65.8 Å². The molecule has 0 spiro atoms. The van der Waals surface area contributed by atoms with Gasteiger partial charge in [0.2, 0.25) is 0 Å². The van der Waals surface area contributed by atoms with Crippen LogP contribution >= 0.6 is 0 Å². The summed E-state index contributed by atoms with van der Waals surface area (Å²) in [5, 5.41) is 4.59.